The lowest BCUT2D eigenvalue weighted by Crippen LogP contribution is -2.57. The molecular weight excluding hydrogens is 433 g/mol. The fourth-order valence-electron chi connectivity index (χ4n) is 4.77. The van der Waals surface area contributed by atoms with Gasteiger partial charge in [0.2, 0.25) is 0 Å². The number of fused-ring (bicyclic) bond motifs is 2. The molecule has 0 heterocycles. The van der Waals surface area contributed by atoms with Crippen molar-refractivity contribution in [1.82, 2.24) is 4.90 Å². The molecule has 0 aromatic heterocycles. The minimum Gasteiger partial charge on any atom is -0.465 e. The van der Waals surface area contributed by atoms with Gasteiger partial charge in [0.15, 0.2) is 5.72 Å². The zero-order valence-corrected chi connectivity index (χ0v) is 16.9. The molecule has 6 heteroatoms. The van der Waals surface area contributed by atoms with Crippen molar-refractivity contribution < 1.29 is 19.4 Å². The number of benzene rings is 1. The largest absolute Gasteiger partial charge is 0.465 e. The van der Waals surface area contributed by atoms with Crippen molar-refractivity contribution in [2.24, 2.45) is 11.8 Å². The number of carbonyl (C=O) groups is 1. The van der Waals surface area contributed by atoms with Crippen LogP contribution in [0.1, 0.15) is 44.6 Å². The van der Waals surface area contributed by atoms with Crippen molar-refractivity contribution in [3.05, 3.63) is 33.4 Å². The van der Waals surface area contributed by atoms with E-state index in [4.69, 9.17) is 9.47 Å². The summed E-state index contributed by atoms with van der Waals surface area (Å²) in [5.74, 6) is 1.10. The molecule has 4 atom stereocenters. The zero-order valence-electron chi connectivity index (χ0n) is 14.8. The van der Waals surface area contributed by atoms with Gasteiger partial charge in [0.25, 0.3) is 0 Å². The third-order valence-electron chi connectivity index (χ3n) is 5.82. The topological polar surface area (TPSA) is 59.0 Å². The first kappa shape index (κ1) is 18.9. The number of halogens is 1. The molecule has 2 fully saturated rings. The SMILES string of the molecule is CCC(OCOC)(c1ccccc1I)N(C(=O)O)C1CC2CCC1C2. The van der Waals surface area contributed by atoms with Gasteiger partial charge in [0, 0.05) is 22.3 Å². The van der Waals surface area contributed by atoms with Gasteiger partial charge < -0.3 is 14.6 Å². The minimum absolute atomic E-state index is 0.0177. The van der Waals surface area contributed by atoms with Crippen molar-refractivity contribution in [3.8, 4) is 0 Å². The van der Waals surface area contributed by atoms with Crippen LogP contribution < -0.4 is 0 Å². The average Bonchev–Trinajstić information content (AvgIpc) is 3.22. The predicted molar refractivity (Wildman–Crippen MR) is 103 cm³/mol. The molecule has 0 radical (unpaired) electrons. The molecule has 2 saturated carbocycles. The number of carboxylic acid groups (broad SMARTS) is 1. The van der Waals surface area contributed by atoms with Gasteiger partial charge in [0.05, 0.1) is 0 Å². The zero-order chi connectivity index (χ0) is 18.0. The summed E-state index contributed by atoms with van der Waals surface area (Å²) in [5.41, 5.74) is -0.116. The van der Waals surface area contributed by atoms with Crippen molar-refractivity contribution in [2.45, 2.75) is 50.8 Å². The Morgan fingerprint density at radius 2 is 2.12 bits per heavy atom. The van der Waals surface area contributed by atoms with Crippen LogP contribution in [0.4, 0.5) is 4.79 Å². The smallest absolute Gasteiger partial charge is 0.410 e. The van der Waals surface area contributed by atoms with E-state index in [9.17, 15) is 9.90 Å². The van der Waals surface area contributed by atoms with E-state index in [0.717, 1.165) is 28.4 Å². The Morgan fingerprint density at radius 3 is 2.64 bits per heavy atom. The lowest BCUT2D eigenvalue weighted by atomic mass is 9.89. The number of hydrogen-bond donors (Lipinski definition) is 1. The van der Waals surface area contributed by atoms with Crippen LogP contribution in [-0.4, -0.2) is 36.0 Å². The van der Waals surface area contributed by atoms with Gasteiger partial charge in [-0.2, -0.15) is 0 Å². The molecule has 1 aromatic rings. The predicted octanol–water partition coefficient (Wildman–Crippen LogP) is 4.64. The number of rotatable bonds is 7. The van der Waals surface area contributed by atoms with Crippen LogP contribution in [0, 0.1) is 15.4 Å². The molecule has 2 bridgehead atoms. The first-order valence-electron chi connectivity index (χ1n) is 8.93. The Labute approximate surface area is 162 Å². The van der Waals surface area contributed by atoms with Gasteiger partial charge in [-0.05, 0) is 66.2 Å². The van der Waals surface area contributed by atoms with Crippen LogP contribution in [0.15, 0.2) is 24.3 Å². The minimum atomic E-state index is -1.02. The van der Waals surface area contributed by atoms with E-state index < -0.39 is 11.8 Å². The highest BCUT2D eigenvalue weighted by Gasteiger charge is 2.52. The summed E-state index contributed by atoms with van der Waals surface area (Å²) < 4.78 is 12.3. The van der Waals surface area contributed by atoms with E-state index in [1.54, 1.807) is 12.0 Å². The molecule has 4 unspecified atom stereocenters. The maximum atomic E-state index is 12.4. The van der Waals surface area contributed by atoms with E-state index in [0.29, 0.717) is 18.3 Å². The second kappa shape index (κ2) is 7.80. The molecule has 0 aliphatic heterocycles. The number of ether oxygens (including phenoxy) is 2. The van der Waals surface area contributed by atoms with E-state index in [1.807, 2.05) is 31.2 Å². The highest BCUT2D eigenvalue weighted by atomic mass is 127. The first-order valence-corrected chi connectivity index (χ1v) is 10.0. The van der Waals surface area contributed by atoms with Gasteiger partial charge in [-0.15, -0.1) is 0 Å². The normalized spacial score (nSPS) is 27.2. The van der Waals surface area contributed by atoms with Crippen molar-refractivity contribution in [2.75, 3.05) is 13.9 Å². The lowest BCUT2D eigenvalue weighted by molar-refractivity contribution is -0.215. The van der Waals surface area contributed by atoms with Crippen LogP contribution in [-0.2, 0) is 15.2 Å². The van der Waals surface area contributed by atoms with Crippen molar-refractivity contribution >= 4 is 28.7 Å². The van der Waals surface area contributed by atoms with Gasteiger partial charge >= 0.3 is 6.09 Å². The van der Waals surface area contributed by atoms with Gasteiger partial charge in [-0.25, -0.2) is 4.79 Å². The van der Waals surface area contributed by atoms with E-state index in [-0.39, 0.29) is 12.8 Å². The molecule has 2 aliphatic carbocycles. The molecule has 2 aliphatic rings. The molecule has 1 N–H and O–H groups in total. The van der Waals surface area contributed by atoms with Gasteiger partial charge in [0.1, 0.15) is 6.79 Å². The summed E-state index contributed by atoms with van der Waals surface area (Å²) in [6.07, 6.45) is 4.07. The van der Waals surface area contributed by atoms with E-state index >= 15 is 0 Å². The Balaban J connectivity index is 2.07. The van der Waals surface area contributed by atoms with Crippen LogP contribution in [0.25, 0.3) is 0 Å². The van der Waals surface area contributed by atoms with Crippen LogP contribution >= 0.6 is 22.6 Å². The van der Waals surface area contributed by atoms with E-state index in [2.05, 4.69) is 22.6 Å². The molecule has 138 valence electrons. The number of amides is 1. The molecular formula is C19H26INO4. The second-order valence-electron chi connectivity index (χ2n) is 7.06. The van der Waals surface area contributed by atoms with Crippen molar-refractivity contribution in [1.29, 1.82) is 0 Å². The average molecular weight is 459 g/mol. The maximum absolute atomic E-state index is 12.4. The third kappa shape index (κ3) is 3.40. The first-order chi connectivity index (χ1) is 12.0. The molecule has 25 heavy (non-hydrogen) atoms. The quantitative estimate of drug-likeness (QED) is 0.477. The molecule has 5 nitrogen and oxygen atoms in total. The molecule has 0 spiro atoms. The fraction of sp³-hybridized carbons (Fsp3) is 0.632. The van der Waals surface area contributed by atoms with Crippen LogP contribution in [0.5, 0.6) is 0 Å². The van der Waals surface area contributed by atoms with Gasteiger partial charge in [-0.3, -0.25) is 4.90 Å². The Kier molecular flexibility index (Phi) is 5.90. The molecule has 1 amide bonds. The highest BCUT2D eigenvalue weighted by molar-refractivity contribution is 14.1. The number of hydrogen-bond acceptors (Lipinski definition) is 3. The summed E-state index contributed by atoms with van der Waals surface area (Å²) in [6.45, 7) is 2.05. The monoisotopic (exact) mass is 459 g/mol. The summed E-state index contributed by atoms with van der Waals surface area (Å²) in [7, 11) is 1.57. The van der Waals surface area contributed by atoms with Crippen LogP contribution in [0.2, 0.25) is 0 Å². The molecule has 3 rings (SSSR count). The number of methoxy groups -OCH3 is 1. The molecule has 0 saturated heterocycles. The summed E-state index contributed by atoms with van der Waals surface area (Å²) in [6, 6.07) is 7.90. The third-order valence-corrected chi connectivity index (χ3v) is 6.76. The van der Waals surface area contributed by atoms with Crippen molar-refractivity contribution in [3.63, 3.8) is 0 Å². The lowest BCUT2D eigenvalue weighted by Gasteiger charge is -2.47. The Hall–Kier alpha value is -0.860. The standard InChI is InChI=1S/C19H26INO4/c1-3-19(25-12-24-2,15-6-4-5-7-16(15)20)21(18(22)23)17-11-13-8-9-14(17)10-13/h4-7,13-14,17H,3,8-12H2,1-2H3,(H,22,23). The number of nitrogens with zero attached hydrogens (tertiary/aromatic N) is 1. The Bertz CT molecular complexity index is 625. The summed E-state index contributed by atoms with van der Waals surface area (Å²) in [4.78, 5) is 14.0. The highest BCUT2D eigenvalue weighted by Crippen LogP contribution is 2.50. The van der Waals surface area contributed by atoms with Gasteiger partial charge in [-0.1, -0.05) is 31.5 Å². The molecule has 1 aromatic carbocycles. The Morgan fingerprint density at radius 1 is 1.36 bits per heavy atom. The van der Waals surface area contributed by atoms with E-state index in [1.165, 1.54) is 6.42 Å². The maximum Gasteiger partial charge on any atom is 0.410 e. The van der Waals surface area contributed by atoms with Crippen LogP contribution in [0.3, 0.4) is 0 Å². The second-order valence-corrected chi connectivity index (χ2v) is 8.23. The fourth-order valence-corrected chi connectivity index (χ4v) is 5.57. The summed E-state index contributed by atoms with van der Waals surface area (Å²) in [5, 5.41) is 10.2. The summed E-state index contributed by atoms with van der Waals surface area (Å²) >= 11 is 2.26.